The number of hydrogen-bond acceptors (Lipinski definition) is 3. The van der Waals surface area contributed by atoms with E-state index in [0.717, 1.165) is 78.6 Å². The highest BCUT2D eigenvalue weighted by Gasteiger charge is 2.70. The summed E-state index contributed by atoms with van der Waals surface area (Å²) in [6, 6.07) is 36.3. The number of anilines is 3. The maximum atomic E-state index is 9.05. The molecule has 5 heterocycles. The average Bonchev–Trinajstić information content (AvgIpc) is 3.77. The van der Waals surface area contributed by atoms with Crippen LogP contribution in [0.2, 0.25) is 0 Å². The molecule has 1 aromatic heterocycles. The van der Waals surface area contributed by atoms with Crippen LogP contribution in [0.5, 0.6) is 5.75 Å². The Kier molecular flexibility index (Phi) is 7.08. The Morgan fingerprint density at radius 1 is 0.556 bits per heavy atom. The first kappa shape index (κ1) is 34.4. The van der Waals surface area contributed by atoms with Gasteiger partial charge in [0.05, 0.1) is 29.5 Å². The summed E-state index contributed by atoms with van der Waals surface area (Å²) in [5.74, 6) is -0.390. The number of fused-ring (bicyclic) bond motifs is 5. The van der Waals surface area contributed by atoms with Crippen LogP contribution in [-0.2, 0) is 27.5 Å². The van der Waals surface area contributed by atoms with E-state index in [9.17, 15) is 0 Å². The molecule has 0 fully saturated rings. The van der Waals surface area contributed by atoms with Gasteiger partial charge >= 0.3 is 5.85 Å². The molecule has 2 unspecified atom stereocenters. The molecule has 0 bridgehead atoms. The lowest BCUT2D eigenvalue weighted by molar-refractivity contribution is -0.774. The number of nitrogens with zero attached hydrogens (tertiary/aromatic N) is 3. The van der Waals surface area contributed by atoms with Gasteiger partial charge in [-0.3, -0.25) is 0 Å². The fourth-order valence-electron chi connectivity index (χ4n) is 10.4. The highest BCUT2D eigenvalue weighted by Crippen LogP contribution is 2.68. The Balaban J connectivity index is 1.31. The Morgan fingerprint density at radius 3 is 1.90 bits per heavy atom. The maximum absolute atomic E-state index is 9.05. The van der Waals surface area contributed by atoms with Gasteiger partial charge in [0.25, 0.3) is 0 Å². The van der Waals surface area contributed by atoms with Gasteiger partial charge in [-0.15, -0.1) is 4.57 Å². The molecule has 0 saturated carbocycles. The lowest BCUT2D eigenvalue weighted by atomic mass is 9.77. The molecule has 0 saturated heterocycles. The van der Waals surface area contributed by atoms with Gasteiger partial charge in [0.15, 0.2) is 6.20 Å². The molecule has 63 heavy (non-hydrogen) atoms. The van der Waals surface area contributed by atoms with Crippen LogP contribution in [0.3, 0.4) is 0 Å². The Morgan fingerprint density at radius 2 is 1.22 bits per heavy atom. The number of para-hydroxylation sites is 1. The van der Waals surface area contributed by atoms with Crippen LogP contribution < -0.4 is 19.1 Å². The molecule has 4 aliphatic heterocycles. The van der Waals surface area contributed by atoms with E-state index in [1.165, 1.54) is 11.1 Å². The summed E-state index contributed by atoms with van der Waals surface area (Å²) in [6.07, 6.45) is 1.64. The molecule has 6 aromatic carbocycles. The van der Waals surface area contributed by atoms with E-state index in [1.807, 2.05) is 18.3 Å². The molecule has 0 N–H and O–H groups in total. The molecule has 7 aromatic rings. The summed E-state index contributed by atoms with van der Waals surface area (Å²) in [6.45, 7) is 27.3. The van der Waals surface area contributed by atoms with Gasteiger partial charge in [0.2, 0.25) is 5.69 Å². The van der Waals surface area contributed by atoms with E-state index in [1.54, 1.807) is 0 Å². The van der Waals surface area contributed by atoms with Gasteiger partial charge in [-0.05, 0) is 91.4 Å². The average molecular weight is 832 g/mol. The van der Waals surface area contributed by atoms with E-state index in [0.29, 0.717) is 5.56 Å². The molecular formula is C59H60N3O+. The van der Waals surface area contributed by atoms with Crippen LogP contribution >= 0.6 is 0 Å². The second-order valence-corrected chi connectivity index (χ2v) is 22.2. The number of ether oxygens (including phenoxy) is 1. The van der Waals surface area contributed by atoms with Crippen molar-refractivity contribution >= 4 is 17.1 Å². The molecule has 11 rings (SSSR count). The Bertz CT molecular complexity index is 3300. The monoisotopic (exact) mass is 832 g/mol. The zero-order valence-corrected chi connectivity index (χ0v) is 38.7. The summed E-state index contributed by atoms with van der Waals surface area (Å²) in [5, 5.41) is 0. The van der Waals surface area contributed by atoms with Crippen molar-refractivity contribution < 1.29 is 16.2 Å². The zero-order chi connectivity index (χ0) is 48.5. The van der Waals surface area contributed by atoms with E-state index >= 15 is 0 Å². The highest BCUT2D eigenvalue weighted by atomic mass is 16.5. The predicted octanol–water partition coefficient (Wildman–Crippen LogP) is 14.9. The van der Waals surface area contributed by atoms with E-state index in [-0.39, 0.29) is 57.6 Å². The van der Waals surface area contributed by atoms with Crippen LogP contribution in [0.15, 0.2) is 140 Å². The quantitative estimate of drug-likeness (QED) is 0.165. The molecular weight excluding hydrogens is 767 g/mol. The molecule has 316 valence electrons. The van der Waals surface area contributed by atoms with Crippen molar-refractivity contribution in [3.63, 3.8) is 0 Å². The fourth-order valence-corrected chi connectivity index (χ4v) is 10.4. The second-order valence-electron chi connectivity index (χ2n) is 22.2. The van der Waals surface area contributed by atoms with E-state index < -0.39 is 11.9 Å². The third kappa shape index (κ3) is 5.69. The molecule has 4 heteroatoms. The zero-order valence-electron chi connectivity index (χ0n) is 43.7. The molecule has 0 amide bonds. The van der Waals surface area contributed by atoms with Crippen molar-refractivity contribution in [2.45, 2.75) is 117 Å². The van der Waals surface area contributed by atoms with Crippen molar-refractivity contribution in [3.05, 3.63) is 173 Å². The Labute approximate surface area is 381 Å². The van der Waals surface area contributed by atoms with Gasteiger partial charge in [0.1, 0.15) is 17.5 Å². The standard InChI is InChI=1S/C59H60N3O/c1-55(2,3)39-26-27-48(43(31-39)37-22-17-14-18-23-37)61-49-25-19-24-42-44-32-40(56(4,5)6)33-45-50-30-38(36-20-15-13-16-21-36)28-29-60(50)59(51(44)45)62(52(42)49)54(61)46-34-41(57(7,8)9)35-47(53(46)63-59)58(10,11)12/h13-35,54H,1-12H3/q+1/i13D,15D,16D,20D,21D. The summed E-state index contributed by atoms with van der Waals surface area (Å²) in [4.78, 5) is 5.11. The number of benzene rings is 6. The SMILES string of the molecule is [2H]c1c([2H])c([2H])c(-c2cc[n+]3c(c2)-c2cc(C(C)(C)C)cc4c2C32Oc3c(cc(C(C)(C)C)cc3C(C)(C)C)C3N(c5ccc(C(C)(C)C)cc5-c5ccccc5)c5cccc-4c5N32)c([2H])c1[2H]. The van der Waals surface area contributed by atoms with Crippen molar-refractivity contribution in [1.82, 2.24) is 0 Å². The summed E-state index contributed by atoms with van der Waals surface area (Å²) in [7, 11) is 0. The molecule has 4 aliphatic rings. The first-order valence-electron chi connectivity index (χ1n) is 25.0. The first-order valence-corrected chi connectivity index (χ1v) is 22.5. The van der Waals surface area contributed by atoms with Crippen molar-refractivity contribution in [3.8, 4) is 50.4 Å². The summed E-state index contributed by atoms with van der Waals surface area (Å²) in [5.41, 5.74) is 16.4. The van der Waals surface area contributed by atoms with Crippen molar-refractivity contribution in [1.29, 1.82) is 0 Å². The maximum Gasteiger partial charge on any atom is 0.432 e. The fraction of sp³-hybridized carbons (Fsp3) is 0.305. The molecule has 0 radical (unpaired) electrons. The third-order valence-electron chi connectivity index (χ3n) is 13.8. The van der Waals surface area contributed by atoms with Gasteiger partial charge in [-0.1, -0.05) is 168 Å². The second kappa shape index (κ2) is 13.0. The van der Waals surface area contributed by atoms with Gasteiger partial charge in [-0.2, -0.15) is 0 Å². The molecule has 1 spiro atoms. The highest BCUT2D eigenvalue weighted by molar-refractivity contribution is 6.03. The first-order chi connectivity index (χ1) is 31.8. The predicted molar refractivity (Wildman–Crippen MR) is 261 cm³/mol. The number of pyridine rings is 1. The van der Waals surface area contributed by atoms with E-state index in [4.69, 9.17) is 11.6 Å². The van der Waals surface area contributed by atoms with Crippen LogP contribution in [-0.4, -0.2) is 0 Å². The van der Waals surface area contributed by atoms with Crippen LogP contribution in [0, 0.1) is 0 Å². The Hall–Kier alpha value is -6.13. The minimum atomic E-state index is -1.24. The van der Waals surface area contributed by atoms with Crippen molar-refractivity contribution in [2.75, 3.05) is 9.80 Å². The van der Waals surface area contributed by atoms with Gasteiger partial charge in [-0.25, -0.2) is 4.90 Å². The van der Waals surface area contributed by atoms with Crippen LogP contribution in [0.25, 0.3) is 44.6 Å². The van der Waals surface area contributed by atoms with Crippen molar-refractivity contribution in [2.24, 2.45) is 0 Å². The molecule has 4 nitrogen and oxygen atoms in total. The van der Waals surface area contributed by atoms with E-state index in [2.05, 4.69) is 188 Å². The van der Waals surface area contributed by atoms with Gasteiger partial charge < -0.3 is 9.64 Å². The molecule has 0 aliphatic carbocycles. The minimum Gasteiger partial charge on any atom is -0.410 e. The lowest BCUT2D eigenvalue weighted by Gasteiger charge is -2.49. The number of rotatable bonds is 3. The minimum absolute atomic E-state index is 0.0906. The smallest absolute Gasteiger partial charge is 0.410 e. The topological polar surface area (TPSA) is 19.6 Å². The van der Waals surface area contributed by atoms with Crippen LogP contribution in [0.4, 0.5) is 17.1 Å². The number of aromatic nitrogens is 1. The number of hydrogen-bond donors (Lipinski definition) is 0. The third-order valence-corrected chi connectivity index (χ3v) is 13.8. The summed E-state index contributed by atoms with van der Waals surface area (Å²) < 4.78 is 54.1. The molecule has 2 atom stereocenters. The normalized spacial score (nSPS) is 19.2. The van der Waals surface area contributed by atoms with Crippen LogP contribution in [0.1, 0.15) is 129 Å². The summed E-state index contributed by atoms with van der Waals surface area (Å²) >= 11 is 0. The lowest BCUT2D eigenvalue weighted by Crippen LogP contribution is -2.71. The van der Waals surface area contributed by atoms with Gasteiger partial charge in [0, 0.05) is 39.9 Å². The largest absolute Gasteiger partial charge is 0.432 e.